The van der Waals surface area contributed by atoms with Gasteiger partial charge in [0.1, 0.15) is 11.6 Å². The van der Waals surface area contributed by atoms with Crippen molar-refractivity contribution < 1.29 is 18.7 Å². The zero-order valence-electron chi connectivity index (χ0n) is 11.9. The Kier molecular flexibility index (Phi) is 5.88. The Balaban J connectivity index is 2.81. The van der Waals surface area contributed by atoms with E-state index >= 15 is 0 Å². The molecule has 0 saturated carbocycles. The Bertz CT molecular complexity index is 466. The van der Waals surface area contributed by atoms with Crippen molar-refractivity contribution in [1.29, 1.82) is 0 Å². The zero-order valence-corrected chi connectivity index (χ0v) is 11.9. The molecule has 0 bridgehead atoms. The van der Waals surface area contributed by atoms with E-state index in [-0.39, 0.29) is 12.1 Å². The van der Waals surface area contributed by atoms with Crippen LogP contribution in [0, 0.1) is 11.6 Å². The summed E-state index contributed by atoms with van der Waals surface area (Å²) >= 11 is 0. The van der Waals surface area contributed by atoms with Crippen molar-refractivity contribution in [3.63, 3.8) is 0 Å². The molecule has 0 spiro atoms. The minimum atomic E-state index is -0.656. The van der Waals surface area contributed by atoms with Crippen LogP contribution in [0.3, 0.4) is 0 Å². The van der Waals surface area contributed by atoms with Crippen LogP contribution in [-0.4, -0.2) is 35.7 Å². The van der Waals surface area contributed by atoms with Crippen molar-refractivity contribution in [3.8, 4) is 0 Å². The highest BCUT2D eigenvalue weighted by Crippen LogP contribution is 2.21. The molecule has 0 heterocycles. The summed E-state index contributed by atoms with van der Waals surface area (Å²) in [7, 11) is 1.52. The summed E-state index contributed by atoms with van der Waals surface area (Å²) in [6.45, 7) is 3.49. The van der Waals surface area contributed by atoms with Gasteiger partial charge in [0.05, 0.1) is 12.1 Å². The number of nitrogens with one attached hydrogen (secondary N) is 1. The molecule has 0 fully saturated rings. The van der Waals surface area contributed by atoms with E-state index in [4.69, 9.17) is 0 Å². The van der Waals surface area contributed by atoms with E-state index < -0.39 is 29.8 Å². The van der Waals surface area contributed by atoms with Crippen LogP contribution in [0.5, 0.6) is 0 Å². The fraction of sp³-hybridized carbons (Fsp3) is 0.500. The first-order chi connectivity index (χ1) is 9.35. The summed E-state index contributed by atoms with van der Waals surface area (Å²) in [5, 5.41) is 11.9. The molecule has 1 rings (SSSR count). The predicted molar refractivity (Wildman–Crippen MR) is 72.2 cm³/mol. The zero-order chi connectivity index (χ0) is 15.3. The molecular weight excluding hydrogens is 266 g/mol. The Hall–Kier alpha value is -1.69. The maximum atomic E-state index is 13.7. The van der Waals surface area contributed by atoms with Crippen LogP contribution >= 0.6 is 0 Å². The number of hydrogen-bond acceptors (Lipinski definition) is 2. The Labute approximate surface area is 117 Å². The molecule has 0 aliphatic rings. The number of halogens is 2. The number of benzene rings is 1. The number of hydrogen-bond donors (Lipinski definition) is 2. The molecule has 0 saturated heterocycles. The van der Waals surface area contributed by atoms with E-state index in [9.17, 15) is 18.7 Å². The molecule has 2 unspecified atom stereocenters. The molecule has 2 atom stereocenters. The molecule has 1 aromatic rings. The highest BCUT2D eigenvalue weighted by Gasteiger charge is 2.19. The fourth-order valence-electron chi connectivity index (χ4n) is 1.92. The first-order valence-corrected chi connectivity index (χ1v) is 6.49. The van der Waals surface area contributed by atoms with Crippen molar-refractivity contribution in [2.45, 2.75) is 32.4 Å². The number of urea groups is 1. The van der Waals surface area contributed by atoms with Crippen LogP contribution < -0.4 is 5.32 Å². The number of aliphatic hydroxyl groups excluding tert-OH is 1. The van der Waals surface area contributed by atoms with Crippen molar-refractivity contribution in [1.82, 2.24) is 10.2 Å². The second-order valence-corrected chi connectivity index (χ2v) is 4.81. The number of nitrogens with zero attached hydrogens (tertiary/aromatic N) is 1. The highest BCUT2D eigenvalue weighted by atomic mass is 19.1. The third-order valence-electron chi connectivity index (χ3n) is 2.92. The van der Waals surface area contributed by atoms with Gasteiger partial charge in [0.2, 0.25) is 0 Å². The summed E-state index contributed by atoms with van der Waals surface area (Å²) in [5.74, 6) is -1.11. The SMILES string of the molecule is CCC(NC(=O)N(C)CC(C)O)c1cc(F)ccc1F. The van der Waals surface area contributed by atoms with Gasteiger partial charge in [0.15, 0.2) is 0 Å². The molecule has 2 amide bonds. The molecule has 112 valence electrons. The van der Waals surface area contributed by atoms with E-state index in [1.165, 1.54) is 11.9 Å². The smallest absolute Gasteiger partial charge is 0.317 e. The summed E-state index contributed by atoms with van der Waals surface area (Å²) in [6, 6.07) is 2.10. The van der Waals surface area contributed by atoms with E-state index in [0.29, 0.717) is 6.42 Å². The van der Waals surface area contributed by atoms with Crippen molar-refractivity contribution in [2.75, 3.05) is 13.6 Å². The summed E-state index contributed by atoms with van der Waals surface area (Å²) in [4.78, 5) is 13.2. The third-order valence-corrected chi connectivity index (χ3v) is 2.92. The van der Waals surface area contributed by atoms with Crippen molar-refractivity contribution in [3.05, 3.63) is 35.4 Å². The van der Waals surface area contributed by atoms with Gasteiger partial charge in [-0.1, -0.05) is 6.92 Å². The number of rotatable bonds is 5. The van der Waals surface area contributed by atoms with Gasteiger partial charge in [0.25, 0.3) is 0 Å². The lowest BCUT2D eigenvalue weighted by molar-refractivity contribution is 0.142. The molecule has 20 heavy (non-hydrogen) atoms. The first kappa shape index (κ1) is 16.4. The molecule has 2 N–H and O–H groups in total. The molecular formula is C14H20F2N2O2. The first-order valence-electron chi connectivity index (χ1n) is 6.49. The van der Waals surface area contributed by atoms with Gasteiger partial charge in [0, 0.05) is 19.2 Å². The van der Waals surface area contributed by atoms with Crippen LogP contribution in [-0.2, 0) is 0 Å². The lowest BCUT2D eigenvalue weighted by Crippen LogP contribution is -2.42. The normalized spacial score (nSPS) is 13.7. The van der Waals surface area contributed by atoms with E-state index in [1.54, 1.807) is 13.8 Å². The minimum Gasteiger partial charge on any atom is -0.392 e. The topological polar surface area (TPSA) is 52.6 Å². The Morgan fingerprint density at radius 2 is 2.10 bits per heavy atom. The molecule has 0 aromatic heterocycles. The van der Waals surface area contributed by atoms with Crippen LogP contribution in [0.25, 0.3) is 0 Å². The summed E-state index contributed by atoms with van der Waals surface area (Å²) in [6.07, 6.45) is -0.231. The van der Waals surface area contributed by atoms with Crippen LogP contribution in [0.15, 0.2) is 18.2 Å². The second kappa shape index (κ2) is 7.19. The quantitative estimate of drug-likeness (QED) is 0.873. The molecule has 0 radical (unpaired) electrons. The van der Waals surface area contributed by atoms with Gasteiger partial charge in [-0.2, -0.15) is 0 Å². The van der Waals surface area contributed by atoms with Gasteiger partial charge in [-0.3, -0.25) is 0 Å². The third kappa shape index (κ3) is 4.45. The Morgan fingerprint density at radius 3 is 2.65 bits per heavy atom. The molecule has 1 aromatic carbocycles. The van der Waals surface area contributed by atoms with Gasteiger partial charge in [-0.15, -0.1) is 0 Å². The number of likely N-dealkylation sites (N-methyl/N-ethyl adjacent to an activating group) is 1. The van der Waals surface area contributed by atoms with Gasteiger partial charge >= 0.3 is 6.03 Å². The monoisotopic (exact) mass is 286 g/mol. The van der Waals surface area contributed by atoms with Crippen LogP contribution in [0.4, 0.5) is 13.6 Å². The predicted octanol–water partition coefficient (Wildman–Crippen LogP) is 2.44. The second-order valence-electron chi connectivity index (χ2n) is 4.81. The largest absolute Gasteiger partial charge is 0.392 e. The molecule has 6 heteroatoms. The maximum absolute atomic E-state index is 13.7. The lowest BCUT2D eigenvalue weighted by atomic mass is 10.0. The molecule has 0 aliphatic carbocycles. The average molecular weight is 286 g/mol. The van der Waals surface area contributed by atoms with Gasteiger partial charge in [-0.05, 0) is 31.5 Å². The van der Waals surface area contributed by atoms with Crippen LogP contribution in [0.1, 0.15) is 31.9 Å². The fourth-order valence-corrected chi connectivity index (χ4v) is 1.92. The highest BCUT2D eigenvalue weighted by molar-refractivity contribution is 5.74. The number of carbonyl (C=O) groups is 1. The van der Waals surface area contributed by atoms with Gasteiger partial charge < -0.3 is 15.3 Å². The minimum absolute atomic E-state index is 0.117. The Morgan fingerprint density at radius 1 is 1.45 bits per heavy atom. The number of amides is 2. The van der Waals surface area contributed by atoms with Crippen molar-refractivity contribution >= 4 is 6.03 Å². The average Bonchev–Trinajstić information content (AvgIpc) is 2.38. The van der Waals surface area contributed by atoms with Crippen molar-refractivity contribution in [2.24, 2.45) is 0 Å². The van der Waals surface area contributed by atoms with E-state index in [2.05, 4.69) is 5.32 Å². The summed E-state index contributed by atoms with van der Waals surface area (Å²) < 4.78 is 26.9. The van der Waals surface area contributed by atoms with Gasteiger partial charge in [-0.25, -0.2) is 13.6 Å². The maximum Gasteiger partial charge on any atom is 0.317 e. The number of aliphatic hydroxyl groups is 1. The van der Waals surface area contributed by atoms with Crippen LogP contribution in [0.2, 0.25) is 0 Å². The molecule has 4 nitrogen and oxygen atoms in total. The summed E-state index contributed by atoms with van der Waals surface area (Å²) in [5.41, 5.74) is 0.117. The van der Waals surface area contributed by atoms with E-state index in [0.717, 1.165) is 18.2 Å². The van der Waals surface area contributed by atoms with E-state index in [1.807, 2.05) is 0 Å². The lowest BCUT2D eigenvalue weighted by Gasteiger charge is -2.24. The molecule has 0 aliphatic heterocycles. The standard InChI is InChI=1S/C14H20F2N2O2/c1-4-13(11-7-10(15)5-6-12(11)16)17-14(20)18(3)8-9(2)19/h5-7,9,13,19H,4,8H2,1-3H3,(H,17,20). The number of carbonyl (C=O) groups excluding carboxylic acids is 1.